The zero-order valence-electron chi connectivity index (χ0n) is 11.4. The molecule has 0 spiro atoms. The molecule has 0 radical (unpaired) electrons. The molecule has 1 aliphatic heterocycles. The number of aliphatic carboxylic acids is 1. The first-order valence-electron chi connectivity index (χ1n) is 7.31. The van der Waals surface area contributed by atoms with Gasteiger partial charge >= 0.3 is 5.97 Å². The molecule has 1 aliphatic carbocycles. The molecule has 0 aromatic heterocycles. The van der Waals surface area contributed by atoms with Gasteiger partial charge in [0.15, 0.2) is 0 Å². The minimum absolute atomic E-state index is 0.390. The van der Waals surface area contributed by atoms with Gasteiger partial charge < -0.3 is 15.7 Å². The Labute approximate surface area is 110 Å². The van der Waals surface area contributed by atoms with Gasteiger partial charge in [0, 0.05) is 12.6 Å². The van der Waals surface area contributed by atoms with Gasteiger partial charge in [0.05, 0.1) is 0 Å². The van der Waals surface area contributed by atoms with Crippen LogP contribution in [0.1, 0.15) is 51.9 Å². The summed E-state index contributed by atoms with van der Waals surface area (Å²) in [6, 6.07) is 0.390. The molecule has 104 valence electrons. The van der Waals surface area contributed by atoms with Crippen molar-refractivity contribution in [1.29, 1.82) is 0 Å². The highest BCUT2D eigenvalue weighted by atomic mass is 16.4. The van der Waals surface area contributed by atoms with Crippen LogP contribution in [0.3, 0.4) is 0 Å². The first-order chi connectivity index (χ1) is 8.55. The van der Waals surface area contributed by atoms with Crippen LogP contribution >= 0.6 is 0 Å². The fourth-order valence-corrected chi connectivity index (χ4v) is 3.62. The highest BCUT2D eigenvalue weighted by molar-refractivity contribution is 5.78. The van der Waals surface area contributed by atoms with Crippen LogP contribution in [0.5, 0.6) is 0 Å². The summed E-state index contributed by atoms with van der Waals surface area (Å²) in [6.45, 7) is 4.51. The van der Waals surface area contributed by atoms with Crippen molar-refractivity contribution in [2.45, 2.75) is 63.5 Å². The molecule has 3 N–H and O–H groups in total. The number of hydrogen-bond acceptors (Lipinski definition) is 3. The van der Waals surface area contributed by atoms with Crippen molar-refractivity contribution in [2.75, 3.05) is 13.1 Å². The number of nitrogens with two attached hydrogens (primary N) is 1. The number of likely N-dealkylation sites (tertiary alicyclic amines) is 1. The van der Waals surface area contributed by atoms with Crippen molar-refractivity contribution in [3.05, 3.63) is 0 Å². The molecule has 4 nitrogen and oxygen atoms in total. The molecule has 1 heterocycles. The second-order valence-electron chi connectivity index (χ2n) is 6.15. The summed E-state index contributed by atoms with van der Waals surface area (Å²) in [7, 11) is 0. The smallest absolute Gasteiger partial charge is 0.323 e. The molecule has 2 rings (SSSR count). The summed E-state index contributed by atoms with van der Waals surface area (Å²) in [5.41, 5.74) is 5.05. The molecule has 0 aromatic rings. The highest BCUT2D eigenvalue weighted by Gasteiger charge is 2.42. The molecule has 0 bridgehead atoms. The fourth-order valence-electron chi connectivity index (χ4n) is 3.62. The Hall–Kier alpha value is -0.610. The summed E-state index contributed by atoms with van der Waals surface area (Å²) in [5.74, 6) is -0.00886. The standard InChI is InChI=1S/C14H26N2O2/c1-2-4-11-6-8-16(10-11)12-5-3-7-14(15,9-12)13(17)18/h11-12H,2-10,15H2,1H3,(H,17,18). The molecule has 3 atom stereocenters. The van der Waals surface area contributed by atoms with Crippen LogP contribution in [0.2, 0.25) is 0 Å². The largest absolute Gasteiger partial charge is 0.480 e. The van der Waals surface area contributed by atoms with Gasteiger partial charge in [-0.2, -0.15) is 0 Å². The average Bonchev–Trinajstić information content (AvgIpc) is 2.78. The van der Waals surface area contributed by atoms with Crippen LogP contribution < -0.4 is 5.73 Å². The van der Waals surface area contributed by atoms with Crippen LogP contribution in [0.25, 0.3) is 0 Å². The normalized spacial score (nSPS) is 37.9. The maximum Gasteiger partial charge on any atom is 0.323 e. The van der Waals surface area contributed by atoms with E-state index in [2.05, 4.69) is 11.8 Å². The lowest BCUT2D eigenvalue weighted by atomic mass is 9.79. The molecular weight excluding hydrogens is 228 g/mol. The lowest BCUT2D eigenvalue weighted by molar-refractivity contribution is -0.145. The molecule has 2 fully saturated rings. The first-order valence-corrected chi connectivity index (χ1v) is 7.31. The third-order valence-corrected chi connectivity index (χ3v) is 4.72. The van der Waals surface area contributed by atoms with Crippen molar-refractivity contribution < 1.29 is 9.90 Å². The summed E-state index contributed by atoms with van der Waals surface area (Å²) in [4.78, 5) is 13.7. The average molecular weight is 254 g/mol. The topological polar surface area (TPSA) is 66.6 Å². The third-order valence-electron chi connectivity index (χ3n) is 4.72. The van der Waals surface area contributed by atoms with E-state index in [1.165, 1.54) is 19.3 Å². The molecule has 1 saturated carbocycles. The Morgan fingerprint density at radius 1 is 1.50 bits per heavy atom. The van der Waals surface area contributed by atoms with Gasteiger partial charge in [0.2, 0.25) is 0 Å². The molecule has 0 amide bonds. The van der Waals surface area contributed by atoms with Crippen molar-refractivity contribution in [1.82, 2.24) is 4.90 Å². The van der Waals surface area contributed by atoms with Gasteiger partial charge in [0.25, 0.3) is 0 Å². The van der Waals surface area contributed by atoms with Crippen molar-refractivity contribution >= 4 is 5.97 Å². The van der Waals surface area contributed by atoms with Crippen molar-refractivity contribution in [2.24, 2.45) is 11.7 Å². The van der Waals surface area contributed by atoms with Crippen LogP contribution in [0, 0.1) is 5.92 Å². The fraction of sp³-hybridized carbons (Fsp3) is 0.929. The second kappa shape index (κ2) is 5.57. The molecule has 2 aliphatic rings. The quantitative estimate of drug-likeness (QED) is 0.803. The van der Waals surface area contributed by atoms with E-state index in [1.807, 2.05) is 0 Å². The van der Waals surface area contributed by atoms with Crippen LogP contribution in [-0.2, 0) is 4.79 Å². The van der Waals surface area contributed by atoms with E-state index in [1.54, 1.807) is 0 Å². The Morgan fingerprint density at radius 3 is 2.94 bits per heavy atom. The molecule has 1 saturated heterocycles. The lowest BCUT2D eigenvalue weighted by Gasteiger charge is -2.39. The number of carboxylic acids is 1. The van der Waals surface area contributed by atoms with Gasteiger partial charge in [-0.1, -0.05) is 13.3 Å². The van der Waals surface area contributed by atoms with Gasteiger partial charge in [-0.25, -0.2) is 0 Å². The SMILES string of the molecule is CCCC1CCN(C2CCCC(N)(C(=O)O)C2)C1. The summed E-state index contributed by atoms with van der Waals surface area (Å²) < 4.78 is 0. The van der Waals surface area contributed by atoms with Crippen LogP contribution in [0.15, 0.2) is 0 Å². The summed E-state index contributed by atoms with van der Waals surface area (Å²) in [5, 5.41) is 9.25. The van der Waals surface area contributed by atoms with E-state index >= 15 is 0 Å². The lowest BCUT2D eigenvalue weighted by Crippen LogP contribution is -2.55. The van der Waals surface area contributed by atoms with E-state index in [0.29, 0.717) is 18.9 Å². The maximum atomic E-state index is 11.3. The van der Waals surface area contributed by atoms with Gasteiger partial charge in [0.1, 0.15) is 5.54 Å². The van der Waals surface area contributed by atoms with Crippen molar-refractivity contribution in [3.8, 4) is 0 Å². The summed E-state index contributed by atoms with van der Waals surface area (Å²) >= 11 is 0. The minimum Gasteiger partial charge on any atom is -0.480 e. The number of carbonyl (C=O) groups is 1. The van der Waals surface area contributed by atoms with E-state index in [-0.39, 0.29) is 0 Å². The van der Waals surface area contributed by atoms with Gasteiger partial charge in [-0.3, -0.25) is 4.79 Å². The van der Waals surface area contributed by atoms with E-state index in [0.717, 1.165) is 31.8 Å². The molecular formula is C14H26N2O2. The first kappa shape index (κ1) is 13.8. The predicted molar refractivity (Wildman–Crippen MR) is 71.4 cm³/mol. The zero-order valence-corrected chi connectivity index (χ0v) is 11.4. The number of hydrogen-bond donors (Lipinski definition) is 2. The van der Waals surface area contributed by atoms with Gasteiger partial charge in [-0.05, 0) is 51.0 Å². The third kappa shape index (κ3) is 2.86. The maximum absolute atomic E-state index is 11.3. The van der Waals surface area contributed by atoms with E-state index in [4.69, 9.17) is 5.73 Å². The Balaban J connectivity index is 1.92. The zero-order chi connectivity index (χ0) is 13.2. The van der Waals surface area contributed by atoms with Crippen molar-refractivity contribution in [3.63, 3.8) is 0 Å². The van der Waals surface area contributed by atoms with E-state index in [9.17, 15) is 9.90 Å². The number of carboxylic acid groups (broad SMARTS) is 1. The molecule has 4 heteroatoms. The Morgan fingerprint density at radius 2 is 2.28 bits per heavy atom. The van der Waals surface area contributed by atoms with Crippen LogP contribution in [0.4, 0.5) is 0 Å². The Kier molecular flexibility index (Phi) is 4.28. The van der Waals surface area contributed by atoms with Crippen LogP contribution in [-0.4, -0.2) is 40.6 Å². The highest BCUT2D eigenvalue weighted by Crippen LogP contribution is 2.33. The number of rotatable bonds is 4. The summed E-state index contributed by atoms with van der Waals surface area (Å²) in [6.07, 6.45) is 7.14. The van der Waals surface area contributed by atoms with E-state index < -0.39 is 11.5 Å². The monoisotopic (exact) mass is 254 g/mol. The second-order valence-corrected chi connectivity index (χ2v) is 6.15. The molecule has 3 unspecified atom stereocenters. The Bertz CT molecular complexity index is 308. The number of nitrogens with zero attached hydrogens (tertiary/aromatic N) is 1. The predicted octanol–water partition coefficient (Wildman–Crippen LogP) is 1.83. The minimum atomic E-state index is -0.980. The molecule has 18 heavy (non-hydrogen) atoms. The van der Waals surface area contributed by atoms with Gasteiger partial charge in [-0.15, -0.1) is 0 Å². The molecule has 0 aromatic carbocycles.